The number of amides is 1. The number of aryl methyl sites for hydroxylation is 1. The lowest BCUT2D eigenvalue weighted by atomic mass is 10.1. The monoisotopic (exact) mass is 264 g/mol. The van der Waals surface area contributed by atoms with Gasteiger partial charge in [0.15, 0.2) is 0 Å². The summed E-state index contributed by atoms with van der Waals surface area (Å²) in [6.07, 6.45) is 3.35. The summed E-state index contributed by atoms with van der Waals surface area (Å²) in [5, 5.41) is 13.4. The minimum atomic E-state index is -0.570. The van der Waals surface area contributed by atoms with Gasteiger partial charge < -0.3 is 11.1 Å². The predicted octanol–water partition coefficient (Wildman–Crippen LogP) is 0.765. The number of pyridine rings is 1. The molecule has 102 valence electrons. The Morgan fingerprint density at radius 3 is 2.95 bits per heavy atom. The van der Waals surface area contributed by atoms with Crippen LogP contribution < -0.4 is 11.1 Å². The summed E-state index contributed by atoms with van der Waals surface area (Å²) in [5.74, 6) is 0.120. The lowest BCUT2D eigenvalue weighted by Crippen LogP contribution is -2.38. The Morgan fingerprint density at radius 1 is 1.68 bits per heavy atom. The average Bonchev–Trinajstić information content (AvgIpc) is 3.20. The van der Waals surface area contributed by atoms with Crippen molar-refractivity contribution in [1.29, 1.82) is 0 Å². The molecule has 7 heteroatoms. The molecule has 1 heterocycles. The molecule has 2 rings (SSSR count). The van der Waals surface area contributed by atoms with E-state index < -0.39 is 4.92 Å². The molecule has 1 aliphatic rings. The first-order valence-corrected chi connectivity index (χ1v) is 6.14. The van der Waals surface area contributed by atoms with Gasteiger partial charge in [-0.2, -0.15) is 0 Å². The van der Waals surface area contributed by atoms with Crippen molar-refractivity contribution in [1.82, 2.24) is 10.3 Å². The summed E-state index contributed by atoms with van der Waals surface area (Å²) >= 11 is 0. The minimum Gasteiger partial charge on any atom is -0.350 e. The molecule has 19 heavy (non-hydrogen) atoms. The first-order chi connectivity index (χ1) is 8.99. The van der Waals surface area contributed by atoms with Crippen molar-refractivity contribution in [3.05, 3.63) is 33.6 Å². The molecule has 0 aromatic carbocycles. The molecule has 0 radical (unpaired) electrons. The van der Waals surface area contributed by atoms with Crippen LogP contribution in [0.25, 0.3) is 0 Å². The van der Waals surface area contributed by atoms with E-state index in [9.17, 15) is 14.9 Å². The highest BCUT2D eigenvalue weighted by atomic mass is 16.6. The van der Waals surface area contributed by atoms with Crippen molar-refractivity contribution in [2.75, 3.05) is 6.54 Å². The van der Waals surface area contributed by atoms with Gasteiger partial charge in [-0.15, -0.1) is 0 Å². The third kappa shape index (κ3) is 3.25. The Kier molecular flexibility index (Phi) is 3.75. The number of hydrogen-bond acceptors (Lipinski definition) is 5. The van der Waals surface area contributed by atoms with Crippen LogP contribution in [0.15, 0.2) is 12.3 Å². The number of carbonyl (C=O) groups excluding carboxylic acids is 1. The van der Waals surface area contributed by atoms with Crippen LogP contribution in [0.4, 0.5) is 5.69 Å². The van der Waals surface area contributed by atoms with Crippen molar-refractivity contribution in [2.24, 2.45) is 11.7 Å². The summed E-state index contributed by atoms with van der Waals surface area (Å²) in [4.78, 5) is 25.9. The lowest BCUT2D eigenvalue weighted by molar-refractivity contribution is -0.385. The van der Waals surface area contributed by atoms with E-state index in [1.807, 2.05) is 0 Å². The van der Waals surface area contributed by atoms with Crippen LogP contribution in [0.5, 0.6) is 0 Å². The maximum absolute atomic E-state index is 12.0. The topological polar surface area (TPSA) is 111 Å². The van der Waals surface area contributed by atoms with Gasteiger partial charge in [-0.3, -0.25) is 19.9 Å². The maximum atomic E-state index is 12.0. The van der Waals surface area contributed by atoms with Crippen LogP contribution in [0.2, 0.25) is 0 Å². The molecule has 1 saturated carbocycles. The molecule has 1 amide bonds. The van der Waals surface area contributed by atoms with Crippen LogP contribution in [0, 0.1) is 23.0 Å². The zero-order chi connectivity index (χ0) is 14.0. The lowest BCUT2D eigenvalue weighted by Gasteiger charge is -2.12. The molecular formula is C12H16N4O3. The van der Waals surface area contributed by atoms with E-state index >= 15 is 0 Å². The Hall–Kier alpha value is -2.02. The van der Waals surface area contributed by atoms with E-state index in [2.05, 4.69) is 10.3 Å². The summed E-state index contributed by atoms with van der Waals surface area (Å²) in [6.45, 7) is 2.02. The zero-order valence-electron chi connectivity index (χ0n) is 10.6. The molecule has 1 aromatic rings. The Morgan fingerprint density at radius 2 is 2.37 bits per heavy atom. The highest BCUT2D eigenvalue weighted by Gasteiger charge is 2.28. The van der Waals surface area contributed by atoms with Gasteiger partial charge in [-0.25, -0.2) is 0 Å². The number of nitro groups is 1. The molecular weight excluding hydrogens is 248 g/mol. The number of nitrogens with zero attached hydrogens (tertiary/aromatic N) is 2. The van der Waals surface area contributed by atoms with E-state index in [4.69, 9.17) is 5.73 Å². The Balaban J connectivity index is 2.04. The van der Waals surface area contributed by atoms with E-state index in [1.54, 1.807) is 6.92 Å². The van der Waals surface area contributed by atoms with Crippen LogP contribution in [-0.2, 0) is 0 Å². The molecule has 1 aromatic heterocycles. The zero-order valence-corrected chi connectivity index (χ0v) is 10.6. The van der Waals surface area contributed by atoms with Crippen molar-refractivity contribution in [3.8, 4) is 0 Å². The fourth-order valence-corrected chi connectivity index (χ4v) is 1.85. The number of nitrogens with one attached hydrogen (secondary N) is 1. The van der Waals surface area contributed by atoms with Gasteiger partial charge in [0.05, 0.1) is 16.2 Å². The Labute approximate surface area is 110 Å². The van der Waals surface area contributed by atoms with Crippen molar-refractivity contribution < 1.29 is 9.72 Å². The fraction of sp³-hybridized carbons (Fsp3) is 0.500. The molecule has 0 spiro atoms. The van der Waals surface area contributed by atoms with Crippen LogP contribution >= 0.6 is 0 Å². The molecule has 0 aliphatic heterocycles. The van der Waals surface area contributed by atoms with Gasteiger partial charge in [0.2, 0.25) is 0 Å². The van der Waals surface area contributed by atoms with Gasteiger partial charge in [-0.05, 0) is 25.7 Å². The van der Waals surface area contributed by atoms with E-state index in [0.717, 1.165) is 19.0 Å². The summed E-state index contributed by atoms with van der Waals surface area (Å²) < 4.78 is 0. The van der Waals surface area contributed by atoms with Crippen molar-refractivity contribution >= 4 is 11.6 Å². The average molecular weight is 264 g/mol. The predicted molar refractivity (Wildman–Crippen MR) is 68.7 cm³/mol. The fourth-order valence-electron chi connectivity index (χ4n) is 1.85. The van der Waals surface area contributed by atoms with E-state index in [1.165, 1.54) is 6.07 Å². The molecule has 1 atom stereocenters. The summed E-state index contributed by atoms with van der Waals surface area (Å²) in [7, 11) is 0. The SMILES string of the molecule is Cc1ncc([N+](=O)[O-])cc1C(=O)NCC(N)C1CC1. The minimum absolute atomic E-state index is 0.0455. The second kappa shape index (κ2) is 5.31. The maximum Gasteiger partial charge on any atom is 0.288 e. The van der Waals surface area contributed by atoms with Crippen LogP contribution in [-0.4, -0.2) is 28.4 Å². The normalized spacial score (nSPS) is 15.9. The largest absolute Gasteiger partial charge is 0.350 e. The van der Waals surface area contributed by atoms with Gasteiger partial charge >= 0.3 is 0 Å². The standard InChI is InChI=1S/C12H16N4O3/c1-7-10(4-9(5-14-7)16(18)19)12(17)15-6-11(13)8-2-3-8/h4-5,8,11H,2-3,6,13H2,1H3,(H,15,17). The Bertz CT molecular complexity index is 514. The first kappa shape index (κ1) is 13.4. The van der Waals surface area contributed by atoms with Gasteiger partial charge in [0.25, 0.3) is 11.6 Å². The second-order valence-electron chi connectivity index (χ2n) is 4.79. The van der Waals surface area contributed by atoms with Gasteiger partial charge in [-0.1, -0.05) is 0 Å². The number of hydrogen-bond donors (Lipinski definition) is 2. The van der Waals surface area contributed by atoms with E-state index in [-0.39, 0.29) is 23.2 Å². The molecule has 1 unspecified atom stereocenters. The van der Waals surface area contributed by atoms with Crippen LogP contribution in [0.3, 0.4) is 0 Å². The molecule has 0 saturated heterocycles. The summed E-state index contributed by atoms with van der Waals surface area (Å²) in [5.41, 5.74) is 6.37. The van der Waals surface area contributed by atoms with Crippen molar-refractivity contribution in [2.45, 2.75) is 25.8 Å². The quantitative estimate of drug-likeness (QED) is 0.602. The number of aromatic nitrogens is 1. The molecule has 0 bridgehead atoms. The third-order valence-corrected chi connectivity index (χ3v) is 3.25. The van der Waals surface area contributed by atoms with E-state index in [0.29, 0.717) is 18.2 Å². The first-order valence-electron chi connectivity index (χ1n) is 6.14. The van der Waals surface area contributed by atoms with Gasteiger partial charge in [0.1, 0.15) is 6.20 Å². The van der Waals surface area contributed by atoms with Crippen molar-refractivity contribution in [3.63, 3.8) is 0 Å². The highest BCUT2D eigenvalue weighted by molar-refractivity contribution is 5.95. The third-order valence-electron chi connectivity index (χ3n) is 3.25. The number of carbonyl (C=O) groups is 1. The number of nitrogens with two attached hydrogens (primary N) is 1. The second-order valence-corrected chi connectivity index (χ2v) is 4.79. The smallest absolute Gasteiger partial charge is 0.288 e. The number of rotatable bonds is 5. The molecule has 7 nitrogen and oxygen atoms in total. The molecule has 3 N–H and O–H groups in total. The van der Waals surface area contributed by atoms with Crippen LogP contribution in [0.1, 0.15) is 28.9 Å². The summed E-state index contributed by atoms with van der Waals surface area (Å²) in [6, 6.07) is 1.19. The molecule has 1 aliphatic carbocycles. The molecule has 1 fully saturated rings. The highest BCUT2D eigenvalue weighted by Crippen LogP contribution is 2.31. The van der Waals surface area contributed by atoms with Gasteiger partial charge in [0, 0.05) is 18.7 Å².